The first-order valence-corrected chi connectivity index (χ1v) is 5.81. The summed E-state index contributed by atoms with van der Waals surface area (Å²) in [4.78, 5) is 16.4. The zero-order valence-corrected chi connectivity index (χ0v) is 11.4. The van der Waals surface area contributed by atoms with Crippen LogP contribution < -0.4 is 5.73 Å². The van der Waals surface area contributed by atoms with E-state index in [1.807, 2.05) is 0 Å². The molecule has 0 radical (unpaired) electrons. The lowest BCUT2D eigenvalue weighted by molar-refractivity contribution is -0.192. The maximum Gasteiger partial charge on any atom is 0.490 e. The highest BCUT2D eigenvalue weighted by Crippen LogP contribution is 2.29. The van der Waals surface area contributed by atoms with Crippen molar-refractivity contribution in [1.29, 1.82) is 0 Å². The Kier molecular flexibility index (Phi) is 5.84. The number of alkyl halides is 6. The van der Waals surface area contributed by atoms with Gasteiger partial charge in [-0.15, -0.1) is 0 Å². The highest BCUT2D eigenvalue weighted by Gasteiger charge is 2.38. The predicted octanol–water partition coefficient (Wildman–Crippen LogP) is 2.24. The summed E-state index contributed by atoms with van der Waals surface area (Å²) in [6.45, 7) is 0.0631. The highest BCUT2D eigenvalue weighted by molar-refractivity contribution is 5.73. The standard InChI is InChI=1S/C9H7F3N4O.C2HF3O2/c10-9(11,12)5-1-2-6(14-4-5)8-15-7(3-13)17-16-8;3-2(4,5)1(6)7/h1-2,4H,3,13H2;(H,6,7). The Hall–Kier alpha value is -2.70. The van der Waals surface area contributed by atoms with Crippen LogP contribution in [-0.2, 0) is 17.5 Å². The molecule has 0 saturated carbocycles. The molecular formula is C11H8F6N4O3. The van der Waals surface area contributed by atoms with E-state index in [2.05, 4.69) is 15.1 Å². The van der Waals surface area contributed by atoms with E-state index in [-0.39, 0.29) is 24.0 Å². The summed E-state index contributed by atoms with van der Waals surface area (Å²) in [5, 5.41) is 10.7. The van der Waals surface area contributed by atoms with Crippen molar-refractivity contribution in [3.63, 3.8) is 0 Å². The second kappa shape index (κ2) is 7.25. The Bertz CT molecular complexity index is 680. The number of nitrogens with two attached hydrogens (primary N) is 1. The van der Waals surface area contributed by atoms with Crippen LogP contribution in [0.25, 0.3) is 11.5 Å². The molecule has 13 heteroatoms. The van der Waals surface area contributed by atoms with Crippen LogP contribution in [0.2, 0.25) is 0 Å². The molecule has 2 rings (SSSR count). The largest absolute Gasteiger partial charge is 0.490 e. The number of aliphatic carboxylic acids is 1. The van der Waals surface area contributed by atoms with Crippen molar-refractivity contribution in [3.05, 3.63) is 29.8 Å². The van der Waals surface area contributed by atoms with Crippen LogP contribution in [0.3, 0.4) is 0 Å². The van der Waals surface area contributed by atoms with Crippen molar-refractivity contribution in [2.75, 3.05) is 0 Å². The van der Waals surface area contributed by atoms with Crippen molar-refractivity contribution in [3.8, 4) is 11.5 Å². The average molecular weight is 358 g/mol. The number of hydrogen-bond donors (Lipinski definition) is 2. The normalized spacial score (nSPS) is 11.6. The Labute approximate surface area is 129 Å². The summed E-state index contributed by atoms with van der Waals surface area (Å²) in [6.07, 6.45) is -8.78. The molecule has 0 amide bonds. The second-order valence-corrected chi connectivity index (χ2v) is 3.95. The summed E-state index contributed by atoms with van der Waals surface area (Å²) < 4.78 is 73.3. The minimum Gasteiger partial charge on any atom is -0.475 e. The smallest absolute Gasteiger partial charge is 0.475 e. The van der Waals surface area contributed by atoms with Crippen molar-refractivity contribution < 1.29 is 40.8 Å². The molecule has 0 fully saturated rings. The van der Waals surface area contributed by atoms with E-state index in [0.717, 1.165) is 6.07 Å². The first kappa shape index (κ1) is 19.3. The molecule has 2 heterocycles. The lowest BCUT2D eigenvalue weighted by atomic mass is 10.2. The van der Waals surface area contributed by atoms with Gasteiger partial charge in [0.2, 0.25) is 11.7 Å². The number of carbonyl (C=O) groups is 1. The number of carboxylic acid groups (broad SMARTS) is 1. The summed E-state index contributed by atoms with van der Waals surface area (Å²) in [5.74, 6) is -2.45. The van der Waals surface area contributed by atoms with Gasteiger partial charge in [0.05, 0.1) is 12.1 Å². The van der Waals surface area contributed by atoms with Crippen molar-refractivity contribution in [2.45, 2.75) is 18.9 Å². The fraction of sp³-hybridized carbons (Fsp3) is 0.273. The van der Waals surface area contributed by atoms with Crippen molar-refractivity contribution in [1.82, 2.24) is 15.1 Å². The molecule has 0 bridgehead atoms. The third-order valence-corrected chi connectivity index (χ3v) is 2.21. The van der Waals surface area contributed by atoms with Gasteiger partial charge in [-0.05, 0) is 12.1 Å². The SMILES string of the molecule is NCc1nc(-c2ccc(C(F)(F)F)cn2)no1.O=C(O)C(F)(F)F. The van der Waals surface area contributed by atoms with E-state index < -0.39 is 23.9 Å². The molecule has 7 nitrogen and oxygen atoms in total. The van der Waals surface area contributed by atoms with Crippen LogP contribution in [-0.4, -0.2) is 32.4 Å². The number of halogens is 6. The Morgan fingerprint density at radius 3 is 2.12 bits per heavy atom. The van der Waals surface area contributed by atoms with Crippen molar-refractivity contribution >= 4 is 5.97 Å². The summed E-state index contributed by atoms with van der Waals surface area (Å²) in [7, 11) is 0. The van der Waals surface area contributed by atoms with Gasteiger partial charge in [-0.2, -0.15) is 31.3 Å². The van der Waals surface area contributed by atoms with Gasteiger partial charge in [0.25, 0.3) is 0 Å². The van der Waals surface area contributed by atoms with Crippen LogP contribution in [0, 0.1) is 0 Å². The number of pyridine rings is 1. The van der Waals surface area contributed by atoms with Crippen LogP contribution in [0.4, 0.5) is 26.3 Å². The highest BCUT2D eigenvalue weighted by atomic mass is 19.4. The van der Waals surface area contributed by atoms with Gasteiger partial charge < -0.3 is 15.4 Å². The molecular weight excluding hydrogens is 350 g/mol. The molecule has 0 aliphatic rings. The van der Waals surface area contributed by atoms with Crippen LogP contribution >= 0.6 is 0 Å². The molecule has 3 N–H and O–H groups in total. The van der Waals surface area contributed by atoms with E-state index in [1.165, 1.54) is 6.07 Å². The van der Waals surface area contributed by atoms with Crippen LogP contribution in [0.15, 0.2) is 22.9 Å². The van der Waals surface area contributed by atoms with Crippen LogP contribution in [0.1, 0.15) is 11.5 Å². The predicted molar refractivity (Wildman–Crippen MR) is 64.1 cm³/mol. The lowest BCUT2D eigenvalue weighted by Gasteiger charge is -2.05. The van der Waals surface area contributed by atoms with Gasteiger partial charge in [-0.25, -0.2) is 4.79 Å². The molecule has 2 aromatic heterocycles. The van der Waals surface area contributed by atoms with E-state index >= 15 is 0 Å². The minimum absolute atomic E-state index is 0.0631. The number of hydrogen-bond acceptors (Lipinski definition) is 6. The molecule has 2 aromatic rings. The average Bonchev–Trinajstić information content (AvgIpc) is 2.95. The summed E-state index contributed by atoms with van der Waals surface area (Å²) >= 11 is 0. The van der Waals surface area contributed by atoms with Gasteiger partial charge in [-0.3, -0.25) is 4.98 Å². The maximum atomic E-state index is 12.3. The first-order chi connectivity index (χ1) is 10.9. The van der Waals surface area contributed by atoms with Crippen molar-refractivity contribution in [2.24, 2.45) is 5.73 Å². The second-order valence-electron chi connectivity index (χ2n) is 3.95. The molecule has 0 atom stereocenters. The van der Waals surface area contributed by atoms with Gasteiger partial charge in [0.1, 0.15) is 5.69 Å². The van der Waals surface area contributed by atoms with E-state index in [4.69, 9.17) is 20.2 Å². The topological polar surface area (TPSA) is 115 Å². The van der Waals surface area contributed by atoms with E-state index in [0.29, 0.717) is 6.20 Å². The fourth-order valence-corrected chi connectivity index (χ4v) is 1.14. The third kappa shape index (κ3) is 5.49. The Morgan fingerprint density at radius 2 is 1.79 bits per heavy atom. The minimum atomic E-state index is -5.08. The molecule has 132 valence electrons. The monoisotopic (exact) mass is 358 g/mol. The van der Waals surface area contributed by atoms with Gasteiger partial charge in [0.15, 0.2) is 0 Å². The zero-order valence-electron chi connectivity index (χ0n) is 11.4. The number of rotatable bonds is 2. The van der Waals surface area contributed by atoms with E-state index in [1.54, 1.807) is 0 Å². The molecule has 0 spiro atoms. The number of aromatic nitrogens is 3. The van der Waals surface area contributed by atoms with E-state index in [9.17, 15) is 26.3 Å². The molecule has 0 saturated heterocycles. The fourth-order valence-electron chi connectivity index (χ4n) is 1.14. The first-order valence-electron chi connectivity index (χ1n) is 5.81. The third-order valence-electron chi connectivity index (χ3n) is 2.21. The summed E-state index contributed by atoms with van der Waals surface area (Å²) in [5.41, 5.74) is 4.62. The molecule has 0 aromatic carbocycles. The zero-order chi connectivity index (χ0) is 18.5. The Morgan fingerprint density at radius 1 is 1.21 bits per heavy atom. The molecule has 24 heavy (non-hydrogen) atoms. The van der Waals surface area contributed by atoms with Crippen LogP contribution in [0.5, 0.6) is 0 Å². The summed E-state index contributed by atoms with van der Waals surface area (Å²) in [6, 6.07) is 2.08. The van der Waals surface area contributed by atoms with Gasteiger partial charge >= 0.3 is 18.3 Å². The number of carboxylic acids is 1. The quantitative estimate of drug-likeness (QED) is 0.791. The van der Waals surface area contributed by atoms with Gasteiger partial charge in [0, 0.05) is 6.20 Å². The molecule has 0 aliphatic carbocycles. The maximum absolute atomic E-state index is 12.3. The lowest BCUT2D eigenvalue weighted by Crippen LogP contribution is -2.21. The molecule has 0 aliphatic heterocycles. The Balaban J connectivity index is 0.000000351. The number of nitrogens with zero attached hydrogens (tertiary/aromatic N) is 3. The molecule has 0 unspecified atom stereocenters. The van der Waals surface area contributed by atoms with Gasteiger partial charge in [-0.1, -0.05) is 5.16 Å².